The van der Waals surface area contributed by atoms with Crippen LogP contribution in [0, 0.1) is 0 Å². The molecule has 0 unspecified atom stereocenters. The van der Waals surface area contributed by atoms with E-state index in [2.05, 4.69) is 15.9 Å². The first-order chi connectivity index (χ1) is 5.66. The number of hydrogen-bond donors (Lipinski definition) is 0. The normalized spacial score (nSPS) is 10.9. The Kier molecular flexibility index (Phi) is 2.34. The molecular formula is C8H3BrCl2S. The molecule has 0 aliphatic carbocycles. The van der Waals surface area contributed by atoms with E-state index in [1.807, 2.05) is 18.2 Å². The summed E-state index contributed by atoms with van der Waals surface area (Å²) in [6.07, 6.45) is 0. The summed E-state index contributed by atoms with van der Waals surface area (Å²) < 4.78 is 2.80. The lowest BCUT2D eigenvalue weighted by molar-refractivity contribution is 1.76. The summed E-state index contributed by atoms with van der Waals surface area (Å²) in [6.45, 7) is 0. The van der Waals surface area contributed by atoms with Crippen molar-refractivity contribution in [3.63, 3.8) is 0 Å². The molecule has 0 fully saturated rings. The third-order valence-electron chi connectivity index (χ3n) is 1.51. The van der Waals surface area contributed by atoms with Crippen molar-refractivity contribution in [3.05, 3.63) is 32.0 Å². The molecular weight excluding hydrogens is 279 g/mol. The summed E-state index contributed by atoms with van der Waals surface area (Å²) in [4.78, 5) is 0. The third kappa shape index (κ3) is 1.49. The standard InChI is InChI=1S/C8H3BrCl2S/c9-5-1-4-2-7(11)12-8(4)6(10)3-5/h1-3H. The molecule has 1 aromatic carbocycles. The zero-order chi connectivity index (χ0) is 8.72. The van der Waals surface area contributed by atoms with Gasteiger partial charge in [0, 0.05) is 4.47 Å². The Morgan fingerprint density at radius 2 is 1.92 bits per heavy atom. The van der Waals surface area contributed by atoms with E-state index in [-0.39, 0.29) is 0 Å². The lowest BCUT2D eigenvalue weighted by Crippen LogP contribution is -1.66. The Morgan fingerprint density at radius 3 is 2.67 bits per heavy atom. The molecule has 0 amide bonds. The minimum Gasteiger partial charge on any atom is -0.122 e. The lowest BCUT2D eigenvalue weighted by atomic mass is 10.3. The van der Waals surface area contributed by atoms with Crippen LogP contribution in [0.1, 0.15) is 0 Å². The highest BCUT2D eigenvalue weighted by molar-refractivity contribution is 9.10. The minimum atomic E-state index is 0.747. The van der Waals surface area contributed by atoms with Gasteiger partial charge in [0.25, 0.3) is 0 Å². The molecule has 0 nitrogen and oxygen atoms in total. The number of rotatable bonds is 0. The Morgan fingerprint density at radius 1 is 1.17 bits per heavy atom. The van der Waals surface area contributed by atoms with Crippen molar-refractivity contribution in [2.75, 3.05) is 0 Å². The van der Waals surface area contributed by atoms with Crippen LogP contribution in [0.4, 0.5) is 0 Å². The Bertz CT molecular complexity index is 436. The molecule has 0 aliphatic rings. The molecule has 2 rings (SSSR count). The monoisotopic (exact) mass is 280 g/mol. The Hall–Kier alpha value is 0.240. The topological polar surface area (TPSA) is 0 Å². The molecule has 0 saturated heterocycles. The molecule has 1 heterocycles. The van der Waals surface area contributed by atoms with Gasteiger partial charge in [-0.3, -0.25) is 0 Å². The zero-order valence-corrected chi connectivity index (χ0v) is 9.69. The molecule has 0 radical (unpaired) electrons. The van der Waals surface area contributed by atoms with E-state index < -0.39 is 0 Å². The average molecular weight is 282 g/mol. The highest BCUT2D eigenvalue weighted by Crippen LogP contribution is 2.36. The van der Waals surface area contributed by atoms with E-state index in [9.17, 15) is 0 Å². The Balaban J connectivity index is 2.88. The van der Waals surface area contributed by atoms with Crippen molar-refractivity contribution >= 4 is 60.6 Å². The second-order valence-electron chi connectivity index (χ2n) is 2.36. The maximum atomic E-state index is 6.00. The van der Waals surface area contributed by atoms with Crippen molar-refractivity contribution in [1.29, 1.82) is 0 Å². The number of benzene rings is 1. The fraction of sp³-hybridized carbons (Fsp3) is 0. The fourth-order valence-corrected chi connectivity index (χ4v) is 3.12. The second-order valence-corrected chi connectivity index (χ2v) is 5.36. The van der Waals surface area contributed by atoms with Crippen LogP contribution < -0.4 is 0 Å². The highest BCUT2D eigenvalue weighted by Gasteiger charge is 2.04. The van der Waals surface area contributed by atoms with Gasteiger partial charge >= 0.3 is 0 Å². The van der Waals surface area contributed by atoms with Crippen LogP contribution in [0.5, 0.6) is 0 Å². The third-order valence-corrected chi connectivity index (χ3v) is 3.69. The number of hydrogen-bond acceptors (Lipinski definition) is 1. The van der Waals surface area contributed by atoms with Gasteiger partial charge in [0.1, 0.15) is 0 Å². The summed E-state index contributed by atoms with van der Waals surface area (Å²) in [7, 11) is 0. The van der Waals surface area contributed by atoms with Crippen LogP contribution >= 0.6 is 50.5 Å². The number of fused-ring (bicyclic) bond motifs is 1. The van der Waals surface area contributed by atoms with Crippen LogP contribution in [0.25, 0.3) is 10.1 Å². The first-order valence-corrected chi connectivity index (χ1v) is 5.57. The maximum absolute atomic E-state index is 6.00. The summed E-state index contributed by atoms with van der Waals surface area (Å²) in [6, 6.07) is 5.79. The van der Waals surface area contributed by atoms with E-state index in [0.29, 0.717) is 0 Å². The average Bonchev–Trinajstić information content (AvgIpc) is 2.29. The predicted molar refractivity (Wildman–Crippen MR) is 59.5 cm³/mol. The van der Waals surface area contributed by atoms with Gasteiger partial charge in [0.15, 0.2) is 0 Å². The van der Waals surface area contributed by atoms with E-state index in [0.717, 1.165) is 23.9 Å². The molecule has 1 aromatic heterocycles. The highest BCUT2D eigenvalue weighted by atomic mass is 79.9. The molecule has 0 spiro atoms. The van der Waals surface area contributed by atoms with Crippen molar-refractivity contribution in [3.8, 4) is 0 Å². The van der Waals surface area contributed by atoms with Gasteiger partial charge in [-0.15, -0.1) is 11.3 Å². The van der Waals surface area contributed by atoms with Crippen LogP contribution in [0.15, 0.2) is 22.7 Å². The first kappa shape index (κ1) is 8.82. The SMILES string of the molecule is Clc1cc2cc(Br)cc(Cl)c2s1. The van der Waals surface area contributed by atoms with Crippen LogP contribution in [0.3, 0.4) is 0 Å². The van der Waals surface area contributed by atoms with Crippen LogP contribution in [-0.2, 0) is 0 Å². The maximum Gasteiger partial charge on any atom is 0.0941 e. The minimum absolute atomic E-state index is 0.747. The van der Waals surface area contributed by atoms with Gasteiger partial charge in [0.05, 0.1) is 14.1 Å². The molecule has 0 bridgehead atoms. The number of halogens is 3. The Labute approximate surface area is 92.2 Å². The molecule has 0 saturated carbocycles. The van der Waals surface area contributed by atoms with Crippen molar-refractivity contribution in [2.24, 2.45) is 0 Å². The van der Waals surface area contributed by atoms with Gasteiger partial charge in [0.2, 0.25) is 0 Å². The molecule has 2 aromatic rings. The smallest absolute Gasteiger partial charge is 0.0941 e. The summed E-state index contributed by atoms with van der Waals surface area (Å²) >= 11 is 16.7. The quantitative estimate of drug-likeness (QED) is 0.639. The predicted octanol–water partition coefficient (Wildman–Crippen LogP) is 4.97. The van der Waals surface area contributed by atoms with Gasteiger partial charge in [-0.1, -0.05) is 39.1 Å². The summed E-state index contributed by atoms with van der Waals surface area (Å²) in [5.74, 6) is 0. The van der Waals surface area contributed by atoms with Crippen molar-refractivity contribution in [2.45, 2.75) is 0 Å². The van der Waals surface area contributed by atoms with Crippen LogP contribution in [-0.4, -0.2) is 0 Å². The molecule has 0 N–H and O–H groups in total. The first-order valence-electron chi connectivity index (χ1n) is 3.21. The largest absolute Gasteiger partial charge is 0.122 e. The van der Waals surface area contributed by atoms with Gasteiger partial charge in [-0.05, 0) is 23.6 Å². The number of thiophene rings is 1. The molecule has 12 heavy (non-hydrogen) atoms. The summed E-state index contributed by atoms with van der Waals surface area (Å²) in [5, 5.41) is 1.83. The van der Waals surface area contributed by atoms with E-state index in [1.165, 1.54) is 11.3 Å². The van der Waals surface area contributed by atoms with Crippen molar-refractivity contribution < 1.29 is 0 Å². The van der Waals surface area contributed by atoms with E-state index >= 15 is 0 Å². The fourth-order valence-electron chi connectivity index (χ4n) is 1.04. The van der Waals surface area contributed by atoms with Crippen LogP contribution in [0.2, 0.25) is 9.36 Å². The van der Waals surface area contributed by atoms with Gasteiger partial charge in [-0.2, -0.15) is 0 Å². The van der Waals surface area contributed by atoms with E-state index in [1.54, 1.807) is 0 Å². The van der Waals surface area contributed by atoms with Gasteiger partial charge in [-0.25, -0.2) is 0 Å². The van der Waals surface area contributed by atoms with Gasteiger partial charge < -0.3 is 0 Å². The lowest BCUT2D eigenvalue weighted by Gasteiger charge is -1.93. The van der Waals surface area contributed by atoms with E-state index in [4.69, 9.17) is 23.2 Å². The second kappa shape index (κ2) is 3.18. The summed E-state index contributed by atoms with van der Waals surface area (Å²) in [5.41, 5.74) is 0. The zero-order valence-electron chi connectivity index (χ0n) is 5.77. The molecule has 62 valence electrons. The van der Waals surface area contributed by atoms with Crippen molar-refractivity contribution in [1.82, 2.24) is 0 Å². The molecule has 0 aliphatic heterocycles. The molecule has 0 atom stereocenters. The molecule has 4 heteroatoms.